The zero-order chi connectivity index (χ0) is 37.8. The first-order chi connectivity index (χ1) is 26.0. The fourth-order valence-electron chi connectivity index (χ4n) is 11.2. The van der Waals surface area contributed by atoms with Crippen LogP contribution in [0.1, 0.15) is 50.5 Å². The van der Waals surface area contributed by atoms with E-state index >= 15 is 0 Å². The summed E-state index contributed by atoms with van der Waals surface area (Å²) in [5.41, 5.74) is 0.629. The molecular weight excluding hydrogens is 683 g/mol. The summed E-state index contributed by atoms with van der Waals surface area (Å²) >= 11 is 0. The molecule has 11 nitrogen and oxygen atoms in total. The summed E-state index contributed by atoms with van der Waals surface area (Å²) in [7, 11) is 5.24. The van der Waals surface area contributed by atoms with Crippen molar-refractivity contribution in [1.29, 1.82) is 0 Å². The molecule has 3 aromatic carbocycles. The summed E-state index contributed by atoms with van der Waals surface area (Å²) in [5.74, 6) is 0.771. The largest absolute Gasteiger partial charge is 0.495 e. The molecule has 0 radical (unpaired) electrons. The number of carbonyl (C=O) groups excluding carboxylic acids is 4. The number of carbonyl (C=O) groups is 4. The summed E-state index contributed by atoms with van der Waals surface area (Å²) in [5, 5.41) is 16.2. The van der Waals surface area contributed by atoms with Gasteiger partial charge in [0.25, 0.3) is 0 Å². The molecule has 5 atom stereocenters. The third-order valence-electron chi connectivity index (χ3n) is 13.1. The quantitative estimate of drug-likeness (QED) is 0.343. The summed E-state index contributed by atoms with van der Waals surface area (Å²) in [4.78, 5) is 64.6. The van der Waals surface area contributed by atoms with Gasteiger partial charge >= 0.3 is 0 Å². The van der Waals surface area contributed by atoms with Gasteiger partial charge in [-0.2, -0.15) is 0 Å². The molecule has 4 aliphatic carbocycles. The van der Waals surface area contributed by atoms with Gasteiger partial charge in [0, 0.05) is 59.7 Å². The van der Waals surface area contributed by atoms with Gasteiger partial charge in [-0.05, 0) is 78.8 Å². The Balaban J connectivity index is 1.03. The number of rotatable bonds is 9. The molecule has 9 rings (SSSR count). The number of para-hydroxylation sites is 2. The van der Waals surface area contributed by atoms with Gasteiger partial charge in [-0.25, -0.2) is 0 Å². The summed E-state index contributed by atoms with van der Waals surface area (Å²) in [6.45, 7) is 2.25. The number of nitrogens with zero attached hydrogens (tertiary/aromatic N) is 4. The highest BCUT2D eigenvalue weighted by atomic mass is 16.5. The van der Waals surface area contributed by atoms with Gasteiger partial charge in [0.2, 0.25) is 23.6 Å². The lowest BCUT2D eigenvalue weighted by Crippen LogP contribution is -2.63. The van der Waals surface area contributed by atoms with Crippen molar-refractivity contribution < 1.29 is 29.0 Å². The number of piperazine rings is 1. The maximum atomic E-state index is 14.8. The number of ether oxygens (including phenoxy) is 1. The fourth-order valence-corrected chi connectivity index (χ4v) is 11.2. The Labute approximate surface area is 317 Å². The highest BCUT2D eigenvalue weighted by molar-refractivity contribution is 5.95. The van der Waals surface area contributed by atoms with Crippen LogP contribution in [0.25, 0.3) is 10.8 Å². The number of methoxy groups -OCH3 is 1. The number of nitrogens with one attached hydrogen (secondary N) is 1. The SMILES string of the molecule is COc1ccccc1N1CCN(C(=O)C(Cc2ccc3ccccc3c2)NC(=O)C2CC(O)CN2C(=O)C23CC4CC(CC(C(=O)N(C)C)(C4)C2)C3)CC1. The van der Waals surface area contributed by atoms with E-state index in [1.807, 2.05) is 65.6 Å². The minimum Gasteiger partial charge on any atom is -0.495 e. The van der Waals surface area contributed by atoms with Crippen LogP contribution in [0.2, 0.25) is 0 Å². The number of hydrogen-bond acceptors (Lipinski definition) is 7. The zero-order valence-corrected chi connectivity index (χ0v) is 31.7. The molecule has 4 saturated carbocycles. The number of aliphatic hydroxyl groups is 1. The van der Waals surface area contributed by atoms with Gasteiger partial charge in [0.15, 0.2) is 0 Å². The highest BCUT2D eigenvalue weighted by Crippen LogP contribution is 2.66. The smallest absolute Gasteiger partial charge is 0.245 e. The molecule has 6 fully saturated rings. The third kappa shape index (κ3) is 6.58. The van der Waals surface area contributed by atoms with Crippen LogP contribution >= 0.6 is 0 Å². The number of fused-ring (bicyclic) bond motifs is 1. The molecule has 4 bridgehead atoms. The van der Waals surface area contributed by atoms with Crippen LogP contribution in [0.15, 0.2) is 66.7 Å². The van der Waals surface area contributed by atoms with E-state index in [1.54, 1.807) is 31.0 Å². The maximum Gasteiger partial charge on any atom is 0.245 e. The van der Waals surface area contributed by atoms with Crippen LogP contribution < -0.4 is 15.0 Å². The number of likely N-dealkylation sites (tertiary alicyclic amines) is 1. The summed E-state index contributed by atoms with van der Waals surface area (Å²) in [6, 6.07) is 20.2. The van der Waals surface area contributed by atoms with Crippen LogP contribution in [-0.2, 0) is 25.6 Å². The van der Waals surface area contributed by atoms with Gasteiger partial charge in [0.1, 0.15) is 17.8 Å². The second-order valence-electron chi connectivity index (χ2n) is 17.0. The number of hydrogen-bond donors (Lipinski definition) is 2. The zero-order valence-electron chi connectivity index (χ0n) is 31.7. The minimum absolute atomic E-state index is 0.0663. The van der Waals surface area contributed by atoms with Gasteiger partial charge in [0.05, 0.1) is 29.7 Å². The van der Waals surface area contributed by atoms with E-state index in [9.17, 15) is 24.3 Å². The summed E-state index contributed by atoms with van der Waals surface area (Å²) < 4.78 is 5.59. The van der Waals surface area contributed by atoms with Crippen molar-refractivity contribution in [1.82, 2.24) is 20.0 Å². The van der Waals surface area contributed by atoms with Crippen LogP contribution in [0.3, 0.4) is 0 Å². The van der Waals surface area contributed by atoms with Gasteiger partial charge in [-0.1, -0.05) is 54.6 Å². The Hall–Kier alpha value is -4.64. The van der Waals surface area contributed by atoms with Crippen molar-refractivity contribution in [2.75, 3.05) is 58.8 Å². The van der Waals surface area contributed by atoms with Gasteiger partial charge < -0.3 is 34.8 Å². The molecule has 4 amide bonds. The Morgan fingerprint density at radius 3 is 2.24 bits per heavy atom. The van der Waals surface area contributed by atoms with Crippen molar-refractivity contribution in [3.05, 3.63) is 72.3 Å². The van der Waals surface area contributed by atoms with E-state index in [-0.39, 0.29) is 37.1 Å². The molecule has 5 unspecified atom stereocenters. The Bertz CT molecular complexity index is 1930. The first-order valence-corrected chi connectivity index (χ1v) is 19.6. The normalized spacial score (nSPS) is 29.3. The summed E-state index contributed by atoms with van der Waals surface area (Å²) in [6.07, 6.45) is 4.13. The first kappa shape index (κ1) is 36.3. The van der Waals surface area contributed by atoms with E-state index in [0.717, 1.165) is 59.9 Å². The van der Waals surface area contributed by atoms with E-state index in [0.29, 0.717) is 44.4 Å². The van der Waals surface area contributed by atoms with Crippen LogP contribution in [0.4, 0.5) is 5.69 Å². The predicted molar refractivity (Wildman–Crippen MR) is 206 cm³/mol. The van der Waals surface area contributed by atoms with Crippen molar-refractivity contribution in [2.24, 2.45) is 22.7 Å². The average molecular weight is 736 g/mol. The lowest BCUT2D eigenvalue weighted by Gasteiger charge is -2.61. The van der Waals surface area contributed by atoms with Gasteiger partial charge in [-0.15, -0.1) is 0 Å². The van der Waals surface area contributed by atoms with Crippen LogP contribution in [-0.4, -0.2) is 116 Å². The minimum atomic E-state index is -0.907. The molecule has 2 saturated heterocycles. The molecule has 2 N–H and O–H groups in total. The molecular formula is C43H53N5O6. The first-order valence-electron chi connectivity index (χ1n) is 19.6. The molecule has 0 spiro atoms. The number of anilines is 1. The standard InChI is InChI=1S/C43H53N5O6/c1-45(2)40(52)42-22-29-18-30(23-42)25-43(24-29,27-42)41(53)48-26-33(49)21-36(48)38(50)44-34(20-28-12-13-31-8-4-5-9-32(31)19-28)39(51)47-16-14-46(15-17-47)35-10-6-7-11-37(35)54-3/h4-13,19,29-30,33-34,36,49H,14-18,20-27H2,1-3H3,(H,44,50). The number of β-amino-alcohol motifs (C(OH)–C–C–N with tert-alkyl or cyclic N) is 1. The molecule has 3 aromatic rings. The van der Waals surface area contributed by atoms with Crippen molar-refractivity contribution in [2.45, 2.75) is 69.6 Å². The predicted octanol–water partition coefficient (Wildman–Crippen LogP) is 3.86. The highest BCUT2D eigenvalue weighted by Gasteiger charge is 2.64. The van der Waals surface area contributed by atoms with E-state index < -0.39 is 34.9 Å². The third-order valence-corrected chi connectivity index (χ3v) is 13.1. The second-order valence-corrected chi connectivity index (χ2v) is 17.0. The topological polar surface area (TPSA) is 123 Å². The van der Waals surface area contributed by atoms with Gasteiger partial charge in [-0.3, -0.25) is 19.2 Å². The van der Waals surface area contributed by atoms with E-state index in [1.165, 1.54) is 0 Å². The Morgan fingerprint density at radius 2 is 1.54 bits per heavy atom. The lowest BCUT2D eigenvalue weighted by atomic mass is 9.43. The maximum absolute atomic E-state index is 14.8. The monoisotopic (exact) mass is 735 g/mol. The molecule has 286 valence electrons. The molecule has 54 heavy (non-hydrogen) atoms. The fraction of sp³-hybridized carbons (Fsp3) is 0.535. The lowest BCUT2D eigenvalue weighted by molar-refractivity contribution is -0.179. The van der Waals surface area contributed by atoms with E-state index in [2.05, 4.69) is 16.3 Å². The average Bonchev–Trinajstić information content (AvgIpc) is 3.57. The molecule has 2 aliphatic heterocycles. The van der Waals surface area contributed by atoms with Crippen molar-refractivity contribution in [3.8, 4) is 5.75 Å². The Kier molecular flexibility index (Phi) is 9.57. The Morgan fingerprint density at radius 1 is 0.870 bits per heavy atom. The molecule has 11 heteroatoms. The number of benzene rings is 3. The van der Waals surface area contributed by atoms with Crippen LogP contribution in [0, 0.1) is 22.7 Å². The molecule has 6 aliphatic rings. The molecule has 2 heterocycles. The van der Waals surface area contributed by atoms with Crippen molar-refractivity contribution >= 4 is 40.1 Å². The number of amides is 4. The second kappa shape index (κ2) is 14.2. The number of aliphatic hydroxyl groups excluding tert-OH is 1. The van der Waals surface area contributed by atoms with Crippen LogP contribution in [0.5, 0.6) is 5.75 Å². The van der Waals surface area contributed by atoms with E-state index in [4.69, 9.17) is 4.74 Å². The molecule has 0 aromatic heterocycles. The van der Waals surface area contributed by atoms with Crippen molar-refractivity contribution in [3.63, 3.8) is 0 Å².